The first kappa shape index (κ1) is 15.4. The van der Waals surface area contributed by atoms with Gasteiger partial charge in [-0.2, -0.15) is 0 Å². The minimum absolute atomic E-state index is 0.782. The van der Waals surface area contributed by atoms with Crippen molar-refractivity contribution in [2.75, 3.05) is 0 Å². The zero-order valence-corrected chi connectivity index (χ0v) is 15.3. The molecule has 0 spiro atoms. The number of hydrogen-bond acceptors (Lipinski definition) is 0. The van der Waals surface area contributed by atoms with Crippen LogP contribution in [0.25, 0.3) is 11.1 Å². The van der Waals surface area contributed by atoms with E-state index in [-0.39, 0.29) is 0 Å². The minimum atomic E-state index is 0.782. The van der Waals surface area contributed by atoms with Crippen LogP contribution < -0.4 is 0 Å². The Kier molecular flexibility index (Phi) is 4.57. The average Bonchev–Trinajstić information content (AvgIpc) is 3.29. The molecule has 2 aliphatic rings. The van der Waals surface area contributed by atoms with Crippen LogP contribution in [0.1, 0.15) is 74.3 Å². The van der Waals surface area contributed by atoms with Gasteiger partial charge >= 0.3 is 0 Å². The van der Waals surface area contributed by atoms with E-state index in [1.165, 1.54) is 78.1 Å². The van der Waals surface area contributed by atoms with Gasteiger partial charge in [0, 0.05) is 4.47 Å². The molecule has 1 heteroatoms. The Morgan fingerprint density at radius 3 is 1.74 bits per heavy atom. The molecule has 0 amide bonds. The van der Waals surface area contributed by atoms with Crippen LogP contribution in [0.2, 0.25) is 0 Å². The monoisotopic (exact) mass is 368 g/mol. The zero-order valence-electron chi connectivity index (χ0n) is 13.7. The molecule has 4 rings (SSSR count). The van der Waals surface area contributed by atoms with Crippen LogP contribution in [-0.2, 0) is 0 Å². The number of rotatable bonds is 3. The molecule has 2 aliphatic carbocycles. The molecular formula is C22H25Br. The first-order valence-corrected chi connectivity index (χ1v) is 10.0. The summed E-state index contributed by atoms with van der Waals surface area (Å²) in [5.41, 5.74) is 5.70. The van der Waals surface area contributed by atoms with Crippen molar-refractivity contribution in [1.82, 2.24) is 0 Å². The SMILES string of the molecule is Brc1cc(C2CCCC2)ccc1-c1ccc(C2CCCC2)cc1. The van der Waals surface area contributed by atoms with E-state index in [1.807, 2.05) is 0 Å². The molecule has 0 unspecified atom stereocenters. The maximum atomic E-state index is 3.82. The summed E-state index contributed by atoms with van der Waals surface area (Å²) in [7, 11) is 0. The van der Waals surface area contributed by atoms with Crippen molar-refractivity contribution < 1.29 is 0 Å². The quantitative estimate of drug-likeness (QED) is 0.528. The van der Waals surface area contributed by atoms with Gasteiger partial charge in [0.15, 0.2) is 0 Å². The summed E-state index contributed by atoms with van der Waals surface area (Å²) in [6.07, 6.45) is 11.1. The van der Waals surface area contributed by atoms with Gasteiger partial charge in [-0.1, -0.05) is 78.0 Å². The summed E-state index contributed by atoms with van der Waals surface area (Å²) < 4.78 is 1.25. The summed E-state index contributed by atoms with van der Waals surface area (Å²) in [5.74, 6) is 1.59. The van der Waals surface area contributed by atoms with Crippen molar-refractivity contribution in [2.24, 2.45) is 0 Å². The smallest absolute Gasteiger partial charge is 0.0256 e. The molecule has 2 aromatic carbocycles. The minimum Gasteiger partial charge on any atom is -0.0581 e. The first-order chi connectivity index (χ1) is 11.3. The summed E-state index contributed by atoms with van der Waals surface area (Å²) in [6, 6.07) is 16.3. The van der Waals surface area contributed by atoms with Crippen molar-refractivity contribution in [3.63, 3.8) is 0 Å². The van der Waals surface area contributed by atoms with Crippen LogP contribution in [-0.4, -0.2) is 0 Å². The summed E-state index contributed by atoms with van der Waals surface area (Å²) in [4.78, 5) is 0. The highest BCUT2D eigenvalue weighted by molar-refractivity contribution is 9.10. The number of halogens is 1. The predicted octanol–water partition coefficient (Wildman–Crippen LogP) is 7.43. The predicted molar refractivity (Wildman–Crippen MR) is 102 cm³/mol. The molecule has 0 nitrogen and oxygen atoms in total. The van der Waals surface area contributed by atoms with E-state index in [0.29, 0.717) is 0 Å². The Balaban J connectivity index is 1.57. The van der Waals surface area contributed by atoms with E-state index in [9.17, 15) is 0 Å². The Morgan fingerprint density at radius 2 is 1.17 bits per heavy atom. The molecule has 0 aliphatic heterocycles. The number of hydrogen-bond donors (Lipinski definition) is 0. The standard InChI is InChI=1S/C22H25Br/c23-22-15-20(17-7-3-4-8-17)13-14-21(22)19-11-9-18(10-12-19)16-5-1-2-6-16/h9-17H,1-8H2. The van der Waals surface area contributed by atoms with Crippen molar-refractivity contribution in [1.29, 1.82) is 0 Å². The fraction of sp³-hybridized carbons (Fsp3) is 0.455. The number of benzene rings is 2. The van der Waals surface area contributed by atoms with E-state index in [2.05, 4.69) is 58.4 Å². The van der Waals surface area contributed by atoms with Gasteiger partial charge < -0.3 is 0 Å². The van der Waals surface area contributed by atoms with Crippen LogP contribution in [0.5, 0.6) is 0 Å². The molecule has 0 aromatic heterocycles. The van der Waals surface area contributed by atoms with Crippen molar-refractivity contribution in [2.45, 2.75) is 63.2 Å². The Morgan fingerprint density at radius 1 is 0.652 bits per heavy atom. The molecule has 0 atom stereocenters. The van der Waals surface area contributed by atoms with Crippen molar-refractivity contribution in [3.05, 3.63) is 58.1 Å². The van der Waals surface area contributed by atoms with Gasteiger partial charge in [-0.15, -0.1) is 0 Å². The van der Waals surface area contributed by atoms with E-state index in [0.717, 1.165) is 11.8 Å². The summed E-state index contributed by atoms with van der Waals surface area (Å²) in [6.45, 7) is 0. The Labute approximate surface area is 148 Å². The molecule has 0 heterocycles. The van der Waals surface area contributed by atoms with Gasteiger partial charge in [0.05, 0.1) is 0 Å². The van der Waals surface area contributed by atoms with Gasteiger partial charge in [-0.05, 0) is 65.8 Å². The fourth-order valence-electron chi connectivity index (χ4n) is 4.47. The molecule has 2 saturated carbocycles. The highest BCUT2D eigenvalue weighted by Crippen LogP contribution is 2.39. The zero-order chi connectivity index (χ0) is 15.6. The lowest BCUT2D eigenvalue weighted by molar-refractivity contribution is 0.722. The Bertz CT molecular complexity index is 659. The molecule has 0 saturated heterocycles. The van der Waals surface area contributed by atoms with Crippen molar-refractivity contribution in [3.8, 4) is 11.1 Å². The van der Waals surface area contributed by atoms with Crippen LogP contribution in [0.3, 0.4) is 0 Å². The molecule has 0 radical (unpaired) electrons. The van der Waals surface area contributed by atoms with Crippen LogP contribution in [0.15, 0.2) is 46.9 Å². The third kappa shape index (κ3) is 3.26. The van der Waals surface area contributed by atoms with Gasteiger partial charge in [-0.3, -0.25) is 0 Å². The largest absolute Gasteiger partial charge is 0.0581 e. The van der Waals surface area contributed by atoms with E-state index in [1.54, 1.807) is 0 Å². The van der Waals surface area contributed by atoms with Crippen LogP contribution >= 0.6 is 15.9 Å². The lowest BCUT2D eigenvalue weighted by Gasteiger charge is -2.14. The molecule has 0 N–H and O–H groups in total. The van der Waals surface area contributed by atoms with E-state index < -0.39 is 0 Å². The molecule has 23 heavy (non-hydrogen) atoms. The highest BCUT2D eigenvalue weighted by Gasteiger charge is 2.19. The summed E-state index contributed by atoms with van der Waals surface area (Å²) in [5, 5.41) is 0. The van der Waals surface area contributed by atoms with Gasteiger partial charge in [0.2, 0.25) is 0 Å². The average molecular weight is 369 g/mol. The van der Waals surface area contributed by atoms with E-state index in [4.69, 9.17) is 0 Å². The molecule has 2 aromatic rings. The topological polar surface area (TPSA) is 0 Å². The highest BCUT2D eigenvalue weighted by atomic mass is 79.9. The second kappa shape index (κ2) is 6.81. The third-order valence-electron chi connectivity index (χ3n) is 5.87. The lowest BCUT2D eigenvalue weighted by atomic mass is 9.93. The molecule has 2 fully saturated rings. The second-order valence-electron chi connectivity index (χ2n) is 7.32. The lowest BCUT2D eigenvalue weighted by Crippen LogP contribution is -1.94. The second-order valence-corrected chi connectivity index (χ2v) is 8.18. The van der Waals surface area contributed by atoms with Gasteiger partial charge in [-0.25, -0.2) is 0 Å². The van der Waals surface area contributed by atoms with Crippen molar-refractivity contribution >= 4 is 15.9 Å². The van der Waals surface area contributed by atoms with Gasteiger partial charge in [0.1, 0.15) is 0 Å². The third-order valence-corrected chi connectivity index (χ3v) is 6.52. The maximum absolute atomic E-state index is 3.82. The molecular weight excluding hydrogens is 344 g/mol. The maximum Gasteiger partial charge on any atom is 0.0256 e. The first-order valence-electron chi connectivity index (χ1n) is 9.21. The van der Waals surface area contributed by atoms with Crippen LogP contribution in [0, 0.1) is 0 Å². The molecule has 120 valence electrons. The normalized spacial score (nSPS) is 19.5. The molecule has 0 bridgehead atoms. The Hall–Kier alpha value is -1.08. The summed E-state index contributed by atoms with van der Waals surface area (Å²) >= 11 is 3.82. The van der Waals surface area contributed by atoms with Gasteiger partial charge in [0.25, 0.3) is 0 Å². The fourth-order valence-corrected chi connectivity index (χ4v) is 5.10. The van der Waals surface area contributed by atoms with E-state index >= 15 is 0 Å². The van der Waals surface area contributed by atoms with Crippen LogP contribution in [0.4, 0.5) is 0 Å².